The van der Waals surface area contributed by atoms with Gasteiger partial charge in [-0.1, -0.05) is 15.9 Å². The van der Waals surface area contributed by atoms with Gasteiger partial charge in [-0.25, -0.2) is 9.97 Å². The Hall–Kier alpha value is -2.02. The second kappa shape index (κ2) is 5.77. The van der Waals surface area contributed by atoms with Crippen LogP contribution in [0.2, 0.25) is 0 Å². The molecule has 6 nitrogen and oxygen atoms in total. The number of nitrogens with zero attached hydrogens (tertiary/aromatic N) is 2. The van der Waals surface area contributed by atoms with Crippen LogP contribution < -0.4 is 5.32 Å². The highest BCUT2D eigenvalue weighted by Crippen LogP contribution is 2.32. The van der Waals surface area contributed by atoms with Crippen molar-refractivity contribution in [2.45, 2.75) is 18.8 Å². The van der Waals surface area contributed by atoms with E-state index in [1.54, 1.807) is 12.3 Å². The third-order valence-corrected chi connectivity index (χ3v) is 3.87. The Kier molecular flexibility index (Phi) is 3.83. The van der Waals surface area contributed by atoms with E-state index in [1.807, 2.05) is 6.07 Å². The van der Waals surface area contributed by atoms with Crippen molar-refractivity contribution < 1.29 is 14.0 Å². The van der Waals surface area contributed by atoms with Crippen LogP contribution in [-0.2, 0) is 11.2 Å². The zero-order valence-electron chi connectivity index (χ0n) is 11.0. The summed E-state index contributed by atoms with van der Waals surface area (Å²) in [5, 5.41) is 2.73. The number of halogens is 1. The average molecular weight is 350 g/mol. The van der Waals surface area contributed by atoms with Gasteiger partial charge in [0.05, 0.1) is 22.9 Å². The van der Waals surface area contributed by atoms with Gasteiger partial charge in [-0.3, -0.25) is 14.9 Å². The van der Waals surface area contributed by atoms with E-state index in [1.165, 1.54) is 6.20 Å². The molecule has 1 atom stereocenters. The zero-order chi connectivity index (χ0) is 14.8. The van der Waals surface area contributed by atoms with E-state index in [4.69, 9.17) is 4.42 Å². The number of hydrogen-bond acceptors (Lipinski definition) is 5. The van der Waals surface area contributed by atoms with Crippen molar-refractivity contribution in [2.24, 2.45) is 0 Å². The summed E-state index contributed by atoms with van der Waals surface area (Å²) < 4.78 is 5.38. The second-order valence-electron chi connectivity index (χ2n) is 4.78. The first-order valence-corrected chi connectivity index (χ1v) is 7.58. The molecule has 1 N–H and O–H groups in total. The average Bonchev–Trinajstić information content (AvgIpc) is 3.01. The van der Waals surface area contributed by atoms with Crippen molar-refractivity contribution in [2.75, 3.05) is 10.6 Å². The van der Waals surface area contributed by atoms with E-state index in [9.17, 15) is 9.59 Å². The molecule has 1 aliphatic rings. The van der Waals surface area contributed by atoms with Crippen molar-refractivity contribution >= 4 is 33.6 Å². The van der Waals surface area contributed by atoms with Gasteiger partial charge in [0.2, 0.25) is 11.9 Å². The van der Waals surface area contributed by atoms with Gasteiger partial charge in [-0.15, -0.1) is 0 Å². The van der Waals surface area contributed by atoms with Gasteiger partial charge in [0, 0.05) is 25.0 Å². The molecular formula is C14H12BrN3O3. The molecule has 1 aliphatic carbocycles. The number of carbonyl (C=O) groups is 2. The van der Waals surface area contributed by atoms with Crippen molar-refractivity contribution in [1.29, 1.82) is 0 Å². The summed E-state index contributed by atoms with van der Waals surface area (Å²) >= 11 is 3.06. The molecule has 21 heavy (non-hydrogen) atoms. The molecule has 0 saturated carbocycles. The van der Waals surface area contributed by atoms with E-state index in [2.05, 4.69) is 31.2 Å². The highest BCUT2D eigenvalue weighted by Gasteiger charge is 2.29. The number of hydrogen-bond donors (Lipinski definition) is 1. The maximum absolute atomic E-state index is 12.2. The Morgan fingerprint density at radius 2 is 2.33 bits per heavy atom. The number of rotatable bonds is 3. The molecule has 0 saturated heterocycles. The number of aromatic nitrogens is 2. The third kappa shape index (κ3) is 2.87. The number of carbonyl (C=O) groups excluding carboxylic acids is 2. The number of alkyl halides is 1. The molecule has 2 aromatic rings. The van der Waals surface area contributed by atoms with Gasteiger partial charge in [0.15, 0.2) is 5.78 Å². The molecule has 108 valence electrons. The maximum Gasteiger partial charge on any atom is 0.237 e. The lowest BCUT2D eigenvalue weighted by Crippen LogP contribution is -2.22. The number of Topliss-reactive ketones (excluding diaryl/α,β-unsaturated/α-hetero) is 1. The molecule has 0 spiro atoms. The van der Waals surface area contributed by atoms with Crippen molar-refractivity contribution in [1.82, 2.24) is 9.97 Å². The minimum absolute atomic E-state index is 0.00369. The summed E-state index contributed by atoms with van der Waals surface area (Å²) in [6.07, 6.45) is 4.05. The van der Waals surface area contributed by atoms with Crippen LogP contribution in [0.3, 0.4) is 0 Å². The molecule has 0 aliphatic heterocycles. The number of amides is 1. The molecule has 0 aromatic carbocycles. The van der Waals surface area contributed by atoms with Crippen LogP contribution in [0.15, 0.2) is 29.0 Å². The number of nitrogens with one attached hydrogen (secondary N) is 1. The lowest BCUT2D eigenvalue weighted by molar-refractivity contribution is -0.113. The quantitative estimate of drug-likeness (QED) is 0.859. The molecular weight excluding hydrogens is 338 g/mol. The van der Waals surface area contributed by atoms with E-state index in [-0.39, 0.29) is 28.9 Å². The first-order valence-electron chi connectivity index (χ1n) is 6.45. The lowest BCUT2D eigenvalue weighted by atomic mass is 9.85. The Bertz CT molecular complexity index is 685. The van der Waals surface area contributed by atoms with Crippen molar-refractivity contribution in [3.63, 3.8) is 0 Å². The lowest BCUT2D eigenvalue weighted by Gasteiger charge is -2.21. The number of furan rings is 1. The third-order valence-electron chi connectivity index (χ3n) is 3.36. The summed E-state index contributed by atoms with van der Waals surface area (Å²) in [7, 11) is 0. The summed E-state index contributed by atoms with van der Waals surface area (Å²) in [5.74, 6) is 0.732. The Balaban J connectivity index is 1.88. The van der Waals surface area contributed by atoms with E-state index < -0.39 is 0 Å². The second-order valence-corrected chi connectivity index (χ2v) is 5.34. The van der Waals surface area contributed by atoms with Crippen LogP contribution in [-0.4, -0.2) is 27.0 Å². The molecule has 1 amide bonds. The van der Waals surface area contributed by atoms with E-state index >= 15 is 0 Å². The number of anilines is 1. The first kappa shape index (κ1) is 13.9. The molecule has 3 rings (SSSR count). The molecule has 0 radical (unpaired) electrons. The zero-order valence-corrected chi connectivity index (χ0v) is 12.6. The molecule has 0 fully saturated rings. The summed E-state index contributed by atoms with van der Waals surface area (Å²) in [6.45, 7) is 0. The summed E-state index contributed by atoms with van der Waals surface area (Å²) in [4.78, 5) is 31.8. The fraction of sp³-hybridized carbons (Fsp3) is 0.286. The fourth-order valence-electron chi connectivity index (χ4n) is 2.39. The predicted molar refractivity (Wildman–Crippen MR) is 78.6 cm³/mol. The minimum Gasteiger partial charge on any atom is -0.469 e. The topological polar surface area (TPSA) is 85.1 Å². The van der Waals surface area contributed by atoms with Crippen molar-refractivity contribution in [3.8, 4) is 0 Å². The number of ketones is 1. The number of fused-ring (bicyclic) bond motifs is 1. The summed E-state index contributed by atoms with van der Waals surface area (Å²) in [6, 6.07) is 3.66. The van der Waals surface area contributed by atoms with Crippen LogP contribution in [0.1, 0.15) is 34.2 Å². The van der Waals surface area contributed by atoms with Crippen LogP contribution in [0.25, 0.3) is 0 Å². The van der Waals surface area contributed by atoms with E-state index in [0.717, 1.165) is 5.76 Å². The first-order chi connectivity index (χ1) is 10.2. The molecule has 7 heteroatoms. The van der Waals surface area contributed by atoms with Crippen LogP contribution in [0, 0.1) is 0 Å². The van der Waals surface area contributed by atoms with Gasteiger partial charge in [-0.05, 0) is 12.1 Å². The highest BCUT2D eigenvalue weighted by molar-refractivity contribution is 9.09. The maximum atomic E-state index is 12.2. The van der Waals surface area contributed by atoms with Gasteiger partial charge >= 0.3 is 0 Å². The van der Waals surface area contributed by atoms with Crippen molar-refractivity contribution in [3.05, 3.63) is 41.6 Å². The monoisotopic (exact) mass is 349 g/mol. The molecule has 2 heterocycles. The summed E-state index contributed by atoms with van der Waals surface area (Å²) in [5.41, 5.74) is 1.17. The highest BCUT2D eigenvalue weighted by atomic mass is 79.9. The van der Waals surface area contributed by atoms with Crippen LogP contribution in [0.4, 0.5) is 5.95 Å². The van der Waals surface area contributed by atoms with Crippen LogP contribution in [0.5, 0.6) is 0 Å². The van der Waals surface area contributed by atoms with E-state index in [0.29, 0.717) is 24.1 Å². The largest absolute Gasteiger partial charge is 0.469 e. The molecule has 2 aromatic heterocycles. The standard InChI is InChI=1S/C14H12BrN3O3/c15-6-13(20)18-14-16-7-9-10(17-14)4-8(5-11(9)19)12-2-1-3-21-12/h1-3,7-8H,4-6H2,(H,16,17,18,20)/t8-/m1/s1. The smallest absolute Gasteiger partial charge is 0.237 e. The van der Waals surface area contributed by atoms with Gasteiger partial charge in [-0.2, -0.15) is 0 Å². The normalized spacial score (nSPS) is 17.4. The Labute approximate surface area is 129 Å². The predicted octanol–water partition coefficient (Wildman–Crippen LogP) is 2.32. The van der Waals surface area contributed by atoms with Gasteiger partial charge < -0.3 is 4.42 Å². The minimum atomic E-state index is -0.236. The molecule has 0 bridgehead atoms. The molecule has 0 unspecified atom stereocenters. The fourth-order valence-corrected chi connectivity index (χ4v) is 2.53. The van der Waals surface area contributed by atoms with Gasteiger partial charge in [0.1, 0.15) is 5.76 Å². The Morgan fingerprint density at radius 1 is 1.48 bits per heavy atom. The van der Waals surface area contributed by atoms with Crippen LogP contribution >= 0.6 is 15.9 Å². The Morgan fingerprint density at radius 3 is 3.05 bits per heavy atom. The van der Waals surface area contributed by atoms with Gasteiger partial charge in [0.25, 0.3) is 0 Å². The SMILES string of the molecule is O=C(CBr)Nc1ncc2c(n1)C[C@@H](c1ccco1)CC2=O.